The van der Waals surface area contributed by atoms with Gasteiger partial charge in [0.25, 0.3) is 5.91 Å². The van der Waals surface area contributed by atoms with Crippen molar-refractivity contribution in [3.63, 3.8) is 0 Å². The van der Waals surface area contributed by atoms with Crippen LogP contribution in [0.4, 0.5) is 0 Å². The molecule has 0 saturated carbocycles. The third kappa shape index (κ3) is 5.83. The van der Waals surface area contributed by atoms with E-state index in [1.54, 1.807) is 37.3 Å². The molecule has 0 aliphatic rings. The number of hydrogen-bond acceptors (Lipinski definition) is 4. The lowest BCUT2D eigenvalue weighted by molar-refractivity contribution is -0.660. The molecule has 0 aliphatic heterocycles. The van der Waals surface area contributed by atoms with Crippen LogP contribution in [0.5, 0.6) is 0 Å². The molecule has 7 heteroatoms. The van der Waals surface area contributed by atoms with E-state index in [-0.39, 0.29) is 11.7 Å². The Balaban J connectivity index is 1.74. The lowest BCUT2D eigenvalue weighted by atomic mass is 9.92. The Kier molecular flexibility index (Phi) is 7.56. The van der Waals surface area contributed by atoms with Gasteiger partial charge in [-0.3, -0.25) is 15.0 Å². The highest BCUT2D eigenvalue weighted by Crippen LogP contribution is 2.18. The summed E-state index contributed by atoms with van der Waals surface area (Å²) >= 11 is 0. The van der Waals surface area contributed by atoms with Crippen molar-refractivity contribution in [2.75, 3.05) is 7.11 Å². The summed E-state index contributed by atoms with van der Waals surface area (Å²) in [6.07, 6.45) is 2.31. The molecular weight excluding hydrogens is 416 g/mol. The van der Waals surface area contributed by atoms with Gasteiger partial charge in [0.2, 0.25) is 5.69 Å². The van der Waals surface area contributed by atoms with Gasteiger partial charge in [0, 0.05) is 34.9 Å². The highest BCUT2D eigenvalue weighted by Gasteiger charge is 2.28. The number of hydrogen-bond donors (Lipinski definition) is 3. The molecular formula is C26H29N4O3+. The van der Waals surface area contributed by atoms with Gasteiger partial charge >= 0.3 is 5.97 Å². The highest BCUT2D eigenvalue weighted by atomic mass is 16.5. The summed E-state index contributed by atoms with van der Waals surface area (Å²) in [6.45, 7) is 1.78. The molecule has 4 N–H and O–H groups in total. The third-order valence-electron chi connectivity index (χ3n) is 5.66. The Morgan fingerprint density at radius 2 is 1.79 bits per heavy atom. The Morgan fingerprint density at radius 1 is 1.06 bits per heavy atom. The number of nitrogen functional groups attached to an aromatic ring is 1. The molecule has 3 rings (SSSR count). The fourth-order valence-electron chi connectivity index (χ4n) is 3.74. The van der Waals surface area contributed by atoms with Crippen molar-refractivity contribution in [2.45, 2.75) is 19.4 Å². The molecule has 0 aliphatic carbocycles. The summed E-state index contributed by atoms with van der Waals surface area (Å²) in [7, 11) is 3.30. The number of carbonyl (C=O) groups is 2. The van der Waals surface area contributed by atoms with Gasteiger partial charge in [-0.2, -0.15) is 0 Å². The van der Waals surface area contributed by atoms with Crippen LogP contribution >= 0.6 is 0 Å². The molecule has 7 nitrogen and oxygen atoms in total. The maximum absolute atomic E-state index is 12.9. The molecule has 1 unspecified atom stereocenters. The Bertz CT molecular complexity index is 1160. The quantitative estimate of drug-likeness (QED) is 0.214. The average molecular weight is 446 g/mol. The lowest BCUT2D eigenvalue weighted by Gasteiger charge is -2.23. The lowest BCUT2D eigenvalue weighted by Crippen LogP contribution is -2.42. The Morgan fingerprint density at radius 3 is 2.42 bits per heavy atom. The summed E-state index contributed by atoms with van der Waals surface area (Å²) in [6, 6.07) is 20.0. The van der Waals surface area contributed by atoms with E-state index in [1.807, 2.05) is 54.2 Å². The summed E-state index contributed by atoms with van der Waals surface area (Å²) in [5.41, 5.74) is 9.54. The number of ether oxygens (including phenoxy) is 1. The van der Waals surface area contributed by atoms with Crippen molar-refractivity contribution in [1.82, 2.24) is 5.32 Å². The normalized spacial score (nSPS) is 12.5. The number of methoxy groups -OCH3 is 1. The van der Waals surface area contributed by atoms with Crippen LogP contribution in [0.15, 0.2) is 72.9 Å². The molecule has 33 heavy (non-hydrogen) atoms. The van der Waals surface area contributed by atoms with Crippen molar-refractivity contribution in [1.29, 1.82) is 5.41 Å². The maximum atomic E-state index is 12.9. The zero-order chi connectivity index (χ0) is 24.0. The standard InChI is InChI=1S/C26H28N4O3/c1-17(22(26(32)33-3)16-18-7-6-8-21(15-18)24(27)28)29-25(31)20-12-10-19(11-13-20)23-9-4-5-14-30(23)2/h4-15,17,22H,16H2,1-3H3,(H3-,27,28,29,31)/p+1/t17?,22-/m0/s1. The number of benzene rings is 2. The van der Waals surface area contributed by atoms with Crippen LogP contribution in [0, 0.1) is 11.3 Å². The first-order chi connectivity index (χ1) is 15.8. The van der Waals surface area contributed by atoms with Crippen molar-refractivity contribution < 1.29 is 18.9 Å². The predicted molar refractivity (Wildman–Crippen MR) is 127 cm³/mol. The van der Waals surface area contributed by atoms with Gasteiger partial charge in [0.1, 0.15) is 12.9 Å². The van der Waals surface area contributed by atoms with E-state index in [2.05, 4.69) is 5.32 Å². The second-order valence-corrected chi connectivity index (χ2v) is 7.98. The summed E-state index contributed by atoms with van der Waals surface area (Å²) < 4.78 is 7.00. The van der Waals surface area contributed by atoms with E-state index in [0.29, 0.717) is 17.5 Å². The van der Waals surface area contributed by atoms with Gasteiger partial charge < -0.3 is 15.8 Å². The topological polar surface area (TPSA) is 109 Å². The Labute approximate surface area is 193 Å². The first-order valence-electron chi connectivity index (χ1n) is 10.7. The zero-order valence-electron chi connectivity index (χ0n) is 19.0. The molecule has 170 valence electrons. The Hall–Kier alpha value is -4.00. The number of amidine groups is 1. The number of aromatic nitrogens is 1. The number of pyridine rings is 1. The van der Waals surface area contributed by atoms with E-state index in [0.717, 1.165) is 16.8 Å². The minimum atomic E-state index is -0.594. The van der Waals surface area contributed by atoms with Gasteiger partial charge in [0.15, 0.2) is 6.20 Å². The summed E-state index contributed by atoms with van der Waals surface area (Å²) in [4.78, 5) is 25.4. The fourth-order valence-corrected chi connectivity index (χ4v) is 3.74. The van der Waals surface area contributed by atoms with E-state index >= 15 is 0 Å². The molecule has 3 aromatic rings. The molecule has 1 heterocycles. The van der Waals surface area contributed by atoms with Crippen molar-refractivity contribution in [3.05, 3.63) is 89.6 Å². The molecule has 0 bridgehead atoms. The van der Waals surface area contributed by atoms with Crippen LogP contribution in [0.25, 0.3) is 11.3 Å². The van der Waals surface area contributed by atoms with Gasteiger partial charge in [-0.1, -0.05) is 18.2 Å². The van der Waals surface area contributed by atoms with Crippen molar-refractivity contribution in [2.24, 2.45) is 18.7 Å². The summed E-state index contributed by atoms with van der Waals surface area (Å²) in [5.74, 6) is -1.31. The molecule has 0 spiro atoms. The van der Waals surface area contributed by atoms with E-state index in [4.69, 9.17) is 15.9 Å². The second kappa shape index (κ2) is 10.5. The number of nitrogens with one attached hydrogen (secondary N) is 2. The monoisotopic (exact) mass is 445 g/mol. The SMILES string of the molecule is COC(=O)[C@@H](Cc1cccc(C(=N)N)c1)C(C)NC(=O)c1ccc(-c2cccc[n+]2C)cc1. The molecule has 0 radical (unpaired) electrons. The van der Waals surface area contributed by atoms with Crippen molar-refractivity contribution in [3.8, 4) is 11.3 Å². The fraction of sp³-hybridized carbons (Fsp3) is 0.231. The number of nitrogens with zero attached hydrogens (tertiary/aromatic N) is 1. The van der Waals surface area contributed by atoms with E-state index in [1.165, 1.54) is 7.11 Å². The van der Waals surface area contributed by atoms with Crippen LogP contribution in [-0.2, 0) is 23.0 Å². The van der Waals surface area contributed by atoms with Crippen LogP contribution in [0.1, 0.15) is 28.4 Å². The van der Waals surface area contributed by atoms with Crippen LogP contribution in [-0.4, -0.2) is 30.9 Å². The first-order valence-corrected chi connectivity index (χ1v) is 10.7. The van der Waals surface area contributed by atoms with E-state index < -0.39 is 17.9 Å². The largest absolute Gasteiger partial charge is 0.469 e. The number of rotatable bonds is 8. The van der Waals surface area contributed by atoms with E-state index in [9.17, 15) is 9.59 Å². The van der Waals surface area contributed by atoms with Gasteiger partial charge in [-0.15, -0.1) is 0 Å². The molecule has 2 atom stereocenters. The van der Waals surface area contributed by atoms with Gasteiger partial charge in [-0.05, 0) is 55.3 Å². The van der Waals surface area contributed by atoms with Crippen LogP contribution < -0.4 is 15.6 Å². The average Bonchev–Trinajstić information content (AvgIpc) is 2.82. The third-order valence-corrected chi connectivity index (χ3v) is 5.66. The molecule has 2 aromatic carbocycles. The number of esters is 1. The second-order valence-electron chi connectivity index (χ2n) is 7.98. The molecule has 1 aromatic heterocycles. The first kappa shape index (κ1) is 23.7. The maximum Gasteiger partial charge on any atom is 0.311 e. The molecule has 1 amide bonds. The zero-order valence-corrected chi connectivity index (χ0v) is 19.0. The predicted octanol–water partition coefficient (Wildman–Crippen LogP) is 2.61. The molecule has 0 saturated heterocycles. The number of aryl methyl sites for hydroxylation is 1. The molecule has 0 fully saturated rings. The summed E-state index contributed by atoms with van der Waals surface area (Å²) in [5, 5.41) is 10.5. The highest BCUT2D eigenvalue weighted by molar-refractivity contribution is 5.95. The number of amides is 1. The number of nitrogens with two attached hydrogens (primary N) is 1. The van der Waals surface area contributed by atoms with Crippen molar-refractivity contribution >= 4 is 17.7 Å². The van der Waals surface area contributed by atoms with Gasteiger partial charge in [-0.25, -0.2) is 4.57 Å². The van der Waals surface area contributed by atoms with Crippen LogP contribution in [0.3, 0.4) is 0 Å². The minimum Gasteiger partial charge on any atom is -0.469 e. The smallest absolute Gasteiger partial charge is 0.311 e. The van der Waals surface area contributed by atoms with Crippen LogP contribution in [0.2, 0.25) is 0 Å². The van der Waals surface area contributed by atoms with Gasteiger partial charge in [0.05, 0.1) is 13.0 Å². The minimum absolute atomic E-state index is 0.0413. The number of carbonyl (C=O) groups excluding carboxylic acids is 2.